The summed E-state index contributed by atoms with van der Waals surface area (Å²) >= 11 is 0. The van der Waals surface area contributed by atoms with E-state index in [0.717, 1.165) is 24.3 Å². The Morgan fingerprint density at radius 2 is 1.66 bits per heavy atom. The van der Waals surface area contributed by atoms with Gasteiger partial charge in [0.15, 0.2) is 6.61 Å². The molecular formula is C26H34N2O4. The second kappa shape index (κ2) is 15.5. The third kappa shape index (κ3) is 10.7. The van der Waals surface area contributed by atoms with Crippen LogP contribution in [0.3, 0.4) is 0 Å². The zero-order valence-electron chi connectivity index (χ0n) is 18.9. The fourth-order valence-electron chi connectivity index (χ4n) is 2.90. The number of amides is 1. The van der Waals surface area contributed by atoms with Gasteiger partial charge in [-0.1, -0.05) is 63.8 Å². The molecule has 1 N–H and O–H groups in total. The first-order valence-corrected chi connectivity index (χ1v) is 11.2. The van der Waals surface area contributed by atoms with Crippen molar-refractivity contribution in [2.45, 2.75) is 45.4 Å². The molecule has 0 unspecified atom stereocenters. The molecule has 2 rings (SSSR count). The number of hydrogen-bond donors (Lipinski definition) is 1. The summed E-state index contributed by atoms with van der Waals surface area (Å²) in [5, 5.41) is 3.95. The topological polar surface area (TPSA) is 69.2 Å². The van der Waals surface area contributed by atoms with Crippen LogP contribution in [0.2, 0.25) is 0 Å². The smallest absolute Gasteiger partial charge is 0.277 e. The molecule has 6 heteroatoms. The quantitative estimate of drug-likeness (QED) is 0.162. The van der Waals surface area contributed by atoms with Crippen molar-refractivity contribution in [2.75, 3.05) is 19.8 Å². The van der Waals surface area contributed by atoms with Crippen LogP contribution in [0.5, 0.6) is 17.2 Å². The van der Waals surface area contributed by atoms with E-state index in [0.29, 0.717) is 18.1 Å². The Kier molecular flexibility index (Phi) is 12.1. The van der Waals surface area contributed by atoms with Gasteiger partial charge in [0.05, 0.1) is 12.8 Å². The van der Waals surface area contributed by atoms with Gasteiger partial charge in [0.25, 0.3) is 5.91 Å². The van der Waals surface area contributed by atoms with Gasteiger partial charge in [0, 0.05) is 0 Å². The number of hydrazone groups is 1. The Bertz CT molecular complexity index is 834. The van der Waals surface area contributed by atoms with Gasteiger partial charge >= 0.3 is 0 Å². The van der Waals surface area contributed by atoms with Gasteiger partial charge in [-0.25, -0.2) is 5.43 Å². The summed E-state index contributed by atoms with van der Waals surface area (Å²) in [5.74, 6) is 1.77. The number of nitrogens with zero attached hydrogens (tertiary/aromatic N) is 1. The van der Waals surface area contributed by atoms with Gasteiger partial charge in [-0.05, 0) is 48.4 Å². The second-order valence-electron chi connectivity index (χ2n) is 7.34. The maximum Gasteiger partial charge on any atom is 0.277 e. The molecule has 0 atom stereocenters. The first-order chi connectivity index (χ1) is 15.7. The predicted octanol–water partition coefficient (Wildman–Crippen LogP) is 5.52. The Morgan fingerprint density at radius 3 is 2.41 bits per heavy atom. The standard InChI is InChI=1S/C26H34N2O4/c1-3-5-6-7-8-9-18-31-23-13-15-24(16-14-23)32-21-26(29)28-27-20-22-11-10-12-25(19-22)30-17-4-2/h4,10-16,19-20H,2-3,5-9,17-18,21H2,1H3,(H,28,29). The highest BCUT2D eigenvalue weighted by Crippen LogP contribution is 2.18. The minimum absolute atomic E-state index is 0.127. The molecule has 0 radical (unpaired) electrons. The molecule has 2 aromatic carbocycles. The lowest BCUT2D eigenvalue weighted by molar-refractivity contribution is -0.123. The molecule has 32 heavy (non-hydrogen) atoms. The number of ether oxygens (including phenoxy) is 3. The minimum Gasteiger partial charge on any atom is -0.494 e. The summed E-state index contributed by atoms with van der Waals surface area (Å²) < 4.78 is 16.7. The highest BCUT2D eigenvalue weighted by atomic mass is 16.5. The number of carbonyl (C=O) groups excluding carboxylic acids is 1. The van der Waals surface area contributed by atoms with Crippen LogP contribution in [-0.4, -0.2) is 31.9 Å². The molecule has 0 aliphatic rings. The third-order valence-electron chi connectivity index (χ3n) is 4.59. The molecule has 1 amide bonds. The Morgan fingerprint density at radius 1 is 0.938 bits per heavy atom. The van der Waals surface area contributed by atoms with Gasteiger partial charge in [-0.2, -0.15) is 5.10 Å². The third-order valence-corrected chi connectivity index (χ3v) is 4.59. The van der Waals surface area contributed by atoms with Crippen molar-refractivity contribution in [1.82, 2.24) is 5.43 Å². The largest absolute Gasteiger partial charge is 0.494 e. The average Bonchev–Trinajstić information content (AvgIpc) is 2.82. The van der Waals surface area contributed by atoms with Crippen LogP contribution in [0.15, 0.2) is 66.3 Å². The van der Waals surface area contributed by atoms with Crippen molar-refractivity contribution in [3.05, 3.63) is 66.7 Å². The molecule has 2 aromatic rings. The zero-order valence-corrected chi connectivity index (χ0v) is 18.9. The van der Waals surface area contributed by atoms with Gasteiger partial charge < -0.3 is 14.2 Å². The number of rotatable bonds is 16. The Balaban J connectivity index is 1.64. The maximum absolute atomic E-state index is 11.9. The molecule has 0 bridgehead atoms. The summed E-state index contributed by atoms with van der Waals surface area (Å²) in [5.41, 5.74) is 3.26. The summed E-state index contributed by atoms with van der Waals surface area (Å²) in [6.07, 6.45) is 10.6. The molecule has 0 spiro atoms. The molecule has 0 fully saturated rings. The van der Waals surface area contributed by atoms with Gasteiger partial charge in [-0.15, -0.1) is 0 Å². The first kappa shape index (κ1) is 25.0. The number of nitrogens with one attached hydrogen (secondary N) is 1. The summed E-state index contributed by atoms with van der Waals surface area (Å²) in [6.45, 7) is 6.86. The highest BCUT2D eigenvalue weighted by molar-refractivity contribution is 5.83. The van der Waals surface area contributed by atoms with E-state index in [1.54, 1.807) is 24.4 Å². The molecule has 0 saturated carbocycles. The first-order valence-electron chi connectivity index (χ1n) is 11.2. The maximum atomic E-state index is 11.9. The van der Waals surface area contributed by atoms with Gasteiger partial charge in [0.2, 0.25) is 0 Å². The highest BCUT2D eigenvalue weighted by Gasteiger charge is 2.02. The molecule has 0 saturated heterocycles. The van der Waals surface area contributed by atoms with Crippen LogP contribution >= 0.6 is 0 Å². The predicted molar refractivity (Wildman–Crippen MR) is 129 cm³/mol. The molecule has 172 valence electrons. The molecular weight excluding hydrogens is 404 g/mol. The number of hydrogen-bond acceptors (Lipinski definition) is 5. The van der Waals surface area contributed by atoms with E-state index >= 15 is 0 Å². The lowest BCUT2D eigenvalue weighted by atomic mass is 10.1. The fourth-order valence-corrected chi connectivity index (χ4v) is 2.90. The van der Waals surface area contributed by atoms with Crippen LogP contribution in [-0.2, 0) is 4.79 Å². The minimum atomic E-state index is -0.344. The second-order valence-corrected chi connectivity index (χ2v) is 7.34. The summed E-state index contributed by atoms with van der Waals surface area (Å²) in [7, 11) is 0. The normalized spacial score (nSPS) is 10.7. The van der Waals surface area contributed by atoms with Crippen molar-refractivity contribution < 1.29 is 19.0 Å². The van der Waals surface area contributed by atoms with E-state index in [2.05, 4.69) is 24.0 Å². The fraction of sp³-hybridized carbons (Fsp3) is 0.385. The Hall–Kier alpha value is -3.28. The van der Waals surface area contributed by atoms with Crippen molar-refractivity contribution >= 4 is 12.1 Å². The molecule has 6 nitrogen and oxygen atoms in total. The monoisotopic (exact) mass is 438 g/mol. The Labute approximate surface area is 191 Å². The van der Waals surface area contributed by atoms with Crippen molar-refractivity contribution in [2.24, 2.45) is 5.10 Å². The van der Waals surface area contributed by atoms with E-state index in [9.17, 15) is 4.79 Å². The van der Waals surface area contributed by atoms with E-state index in [1.807, 2.05) is 36.4 Å². The number of unbranched alkanes of at least 4 members (excludes halogenated alkanes) is 5. The van der Waals surface area contributed by atoms with Gasteiger partial charge in [-0.3, -0.25) is 4.79 Å². The summed E-state index contributed by atoms with van der Waals surface area (Å²) in [6, 6.07) is 14.7. The summed E-state index contributed by atoms with van der Waals surface area (Å²) in [4.78, 5) is 11.9. The van der Waals surface area contributed by atoms with Gasteiger partial charge in [0.1, 0.15) is 23.9 Å². The lowest BCUT2D eigenvalue weighted by Crippen LogP contribution is -2.24. The SMILES string of the molecule is C=CCOc1cccc(C=NNC(=O)COc2ccc(OCCCCCCCC)cc2)c1. The van der Waals surface area contributed by atoms with Crippen LogP contribution < -0.4 is 19.6 Å². The average molecular weight is 439 g/mol. The van der Waals surface area contributed by atoms with E-state index in [1.165, 1.54) is 32.1 Å². The van der Waals surface area contributed by atoms with Crippen LogP contribution in [0.4, 0.5) is 0 Å². The molecule has 0 aliphatic heterocycles. The van der Waals surface area contributed by atoms with E-state index in [4.69, 9.17) is 14.2 Å². The number of benzene rings is 2. The molecule has 0 aliphatic carbocycles. The van der Waals surface area contributed by atoms with Crippen LogP contribution in [0, 0.1) is 0 Å². The van der Waals surface area contributed by atoms with E-state index < -0.39 is 0 Å². The van der Waals surface area contributed by atoms with Crippen molar-refractivity contribution in [1.29, 1.82) is 0 Å². The molecule has 0 aromatic heterocycles. The van der Waals surface area contributed by atoms with Crippen LogP contribution in [0.1, 0.15) is 51.0 Å². The van der Waals surface area contributed by atoms with E-state index in [-0.39, 0.29) is 12.5 Å². The lowest BCUT2D eigenvalue weighted by Gasteiger charge is -2.08. The zero-order chi connectivity index (χ0) is 22.9. The van der Waals surface area contributed by atoms with Crippen molar-refractivity contribution in [3.63, 3.8) is 0 Å². The van der Waals surface area contributed by atoms with Crippen LogP contribution in [0.25, 0.3) is 0 Å². The van der Waals surface area contributed by atoms with Crippen molar-refractivity contribution in [3.8, 4) is 17.2 Å². The molecule has 0 heterocycles. The number of carbonyl (C=O) groups is 1.